The zero-order valence-electron chi connectivity index (χ0n) is 17.0. The van der Waals surface area contributed by atoms with Gasteiger partial charge in [0.2, 0.25) is 0 Å². The number of carboxylic acid groups (broad SMARTS) is 1. The van der Waals surface area contributed by atoms with Crippen molar-refractivity contribution in [3.8, 4) is 0 Å². The summed E-state index contributed by atoms with van der Waals surface area (Å²) in [7, 11) is 0. The van der Waals surface area contributed by atoms with Crippen LogP contribution in [0.1, 0.15) is 26.5 Å². The summed E-state index contributed by atoms with van der Waals surface area (Å²) in [6, 6.07) is 15.6. The number of rotatable bonds is 8. The normalized spacial score (nSPS) is 10.9. The molecule has 0 fully saturated rings. The van der Waals surface area contributed by atoms with E-state index in [9.17, 15) is 19.2 Å². The fourth-order valence-electron chi connectivity index (χ4n) is 2.66. The number of benzene rings is 2. The zero-order chi connectivity index (χ0) is 23.8. The Bertz CT molecular complexity index is 1200. The molecule has 0 spiro atoms. The molecule has 4 N–H and O–H groups in total. The number of anilines is 1. The molecule has 3 aromatic rings. The Morgan fingerprint density at radius 1 is 0.939 bits per heavy atom. The first-order valence-electron chi connectivity index (χ1n) is 9.56. The fourth-order valence-corrected chi connectivity index (χ4v) is 2.85. The maximum absolute atomic E-state index is 12.9. The molecule has 10 heteroatoms. The Morgan fingerprint density at radius 2 is 1.67 bits per heavy atom. The molecule has 0 saturated carbocycles. The van der Waals surface area contributed by atoms with Gasteiger partial charge in [-0.2, -0.15) is 0 Å². The summed E-state index contributed by atoms with van der Waals surface area (Å²) in [4.78, 5) is 47.8. The smallest absolute Gasteiger partial charge is 0.322 e. The standard InChI is InChI=1S/C23H18ClN3O6/c24-17-5-2-1-4-15(17)12-18(27-23(32)19-6-3-11-33-19)22(31)26-16-9-7-14(8-10-16)21(30)25-13-20(28)29/h1-12H,13H2,(H,25,30)(H,26,31)(H,27,32)(H,28,29)/b18-12-. The van der Waals surface area contributed by atoms with E-state index in [1.54, 1.807) is 30.3 Å². The largest absolute Gasteiger partial charge is 0.480 e. The summed E-state index contributed by atoms with van der Waals surface area (Å²) in [6.07, 6.45) is 2.76. The molecule has 3 amide bonds. The number of carbonyl (C=O) groups excluding carboxylic acids is 3. The molecule has 3 rings (SSSR count). The van der Waals surface area contributed by atoms with Gasteiger partial charge in [-0.3, -0.25) is 19.2 Å². The average Bonchev–Trinajstić information content (AvgIpc) is 3.34. The van der Waals surface area contributed by atoms with Gasteiger partial charge in [0.05, 0.1) is 6.26 Å². The van der Waals surface area contributed by atoms with E-state index in [4.69, 9.17) is 21.1 Å². The van der Waals surface area contributed by atoms with Gasteiger partial charge < -0.3 is 25.5 Å². The number of hydrogen-bond acceptors (Lipinski definition) is 5. The lowest BCUT2D eigenvalue weighted by Gasteiger charge is -2.11. The number of furan rings is 1. The fraction of sp³-hybridized carbons (Fsp3) is 0.0435. The Labute approximate surface area is 193 Å². The third-order valence-electron chi connectivity index (χ3n) is 4.25. The maximum atomic E-state index is 12.9. The lowest BCUT2D eigenvalue weighted by atomic mass is 10.1. The molecule has 33 heavy (non-hydrogen) atoms. The number of halogens is 1. The molecular weight excluding hydrogens is 450 g/mol. The topological polar surface area (TPSA) is 138 Å². The van der Waals surface area contributed by atoms with Crippen molar-refractivity contribution >= 4 is 47.1 Å². The lowest BCUT2D eigenvalue weighted by molar-refractivity contribution is -0.135. The molecule has 0 bridgehead atoms. The second-order valence-electron chi connectivity index (χ2n) is 6.62. The van der Waals surface area contributed by atoms with Crippen LogP contribution in [0.5, 0.6) is 0 Å². The van der Waals surface area contributed by atoms with Crippen molar-refractivity contribution in [3.05, 3.63) is 94.5 Å². The number of aliphatic carboxylic acids is 1. The number of nitrogens with one attached hydrogen (secondary N) is 3. The molecule has 9 nitrogen and oxygen atoms in total. The molecule has 0 unspecified atom stereocenters. The third-order valence-corrected chi connectivity index (χ3v) is 4.59. The summed E-state index contributed by atoms with van der Waals surface area (Å²) >= 11 is 6.18. The molecule has 1 aromatic heterocycles. The van der Waals surface area contributed by atoms with Crippen LogP contribution >= 0.6 is 11.6 Å². The van der Waals surface area contributed by atoms with E-state index in [2.05, 4.69) is 16.0 Å². The quantitative estimate of drug-likeness (QED) is 0.375. The van der Waals surface area contributed by atoms with Crippen LogP contribution in [0.4, 0.5) is 5.69 Å². The molecule has 0 aliphatic rings. The van der Waals surface area contributed by atoms with Gasteiger partial charge in [0.15, 0.2) is 5.76 Å². The van der Waals surface area contributed by atoms with E-state index >= 15 is 0 Å². The average molecular weight is 468 g/mol. The SMILES string of the molecule is O=C(O)CNC(=O)c1ccc(NC(=O)/C(=C/c2ccccc2Cl)NC(=O)c2ccco2)cc1. The summed E-state index contributed by atoms with van der Waals surface area (Å²) in [5, 5.41) is 16.4. The summed E-state index contributed by atoms with van der Waals surface area (Å²) in [5.41, 5.74) is 0.974. The molecule has 1 heterocycles. The van der Waals surface area contributed by atoms with E-state index in [-0.39, 0.29) is 17.0 Å². The molecule has 2 aromatic carbocycles. The van der Waals surface area contributed by atoms with Crippen LogP contribution in [-0.4, -0.2) is 35.3 Å². The van der Waals surface area contributed by atoms with Crippen molar-refractivity contribution in [1.29, 1.82) is 0 Å². The monoisotopic (exact) mass is 467 g/mol. The molecule has 0 aliphatic heterocycles. The maximum Gasteiger partial charge on any atom is 0.322 e. The lowest BCUT2D eigenvalue weighted by Crippen LogP contribution is -2.30. The van der Waals surface area contributed by atoms with Gasteiger partial charge in [0.1, 0.15) is 12.2 Å². The summed E-state index contributed by atoms with van der Waals surface area (Å²) in [6.45, 7) is -0.511. The minimum atomic E-state index is -1.17. The molecule has 0 radical (unpaired) electrons. The van der Waals surface area contributed by atoms with Crippen LogP contribution in [0.2, 0.25) is 5.02 Å². The Hall–Kier alpha value is -4.37. The third kappa shape index (κ3) is 6.55. The minimum absolute atomic E-state index is 0.0181. The van der Waals surface area contributed by atoms with Gasteiger partial charge in [-0.25, -0.2) is 0 Å². The number of carbonyl (C=O) groups is 4. The minimum Gasteiger partial charge on any atom is -0.480 e. The van der Waals surface area contributed by atoms with Crippen molar-refractivity contribution in [2.75, 3.05) is 11.9 Å². The van der Waals surface area contributed by atoms with Gasteiger partial charge in [-0.1, -0.05) is 29.8 Å². The highest BCUT2D eigenvalue weighted by Gasteiger charge is 2.17. The van der Waals surface area contributed by atoms with E-state index < -0.39 is 30.2 Å². The summed E-state index contributed by atoms with van der Waals surface area (Å²) in [5.74, 6) is -2.98. The van der Waals surface area contributed by atoms with Crippen LogP contribution < -0.4 is 16.0 Å². The molecule has 0 aliphatic carbocycles. The highest BCUT2D eigenvalue weighted by Crippen LogP contribution is 2.19. The van der Waals surface area contributed by atoms with E-state index in [1.165, 1.54) is 42.7 Å². The van der Waals surface area contributed by atoms with Crippen molar-refractivity contribution < 1.29 is 28.7 Å². The van der Waals surface area contributed by atoms with Gasteiger partial charge in [-0.15, -0.1) is 0 Å². The summed E-state index contributed by atoms with van der Waals surface area (Å²) < 4.78 is 5.07. The highest BCUT2D eigenvalue weighted by molar-refractivity contribution is 6.32. The number of carboxylic acids is 1. The van der Waals surface area contributed by atoms with Crippen LogP contribution in [-0.2, 0) is 9.59 Å². The first-order valence-corrected chi connectivity index (χ1v) is 9.94. The van der Waals surface area contributed by atoms with Gasteiger partial charge in [-0.05, 0) is 54.1 Å². The van der Waals surface area contributed by atoms with Crippen LogP contribution in [0.3, 0.4) is 0 Å². The van der Waals surface area contributed by atoms with E-state index in [0.29, 0.717) is 16.3 Å². The van der Waals surface area contributed by atoms with Crippen molar-refractivity contribution in [2.24, 2.45) is 0 Å². The van der Waals surface area contributed by atoms with Crippen LogP contribution in [0, 0.1) is 0 Å². The predicted molar refractivity (Wildman–Crippen MR) is 121 cm³/mol. The van der Waals surface area contributed by atoms with Crippen LogP contribution in [0.15, 0.2) is 77.0 Å². The van der Waals surface area contributed by atoms with E-state index in [0.717, 1.165) is 0 Å². The first kappa shape index (κ1) is 23.3. The molecule has 168 valence electrons. The van der Waals surface area contributed by atoms with Crippen LogP contribution in [0.25, 0.3) is 6.08 Å². The van der Waals surface area contributed by atoms with Crippen molar-refractivity contribution in [2.45, 2.75) is 0 Å². The Morgan fingerprint density at radius 3 is 2.30 bits per heavy atom. The second-order valence-corrected chi connectivity index (χ2v) is 7.03. The zero-order valence-corrected chi connectivity index (χ0v) is 17.8. The van der Waals surface area contributed by atoms with Crippen molar-refractivity contribution in [3.63, 3.8) is 0 Å². The van der Waals surface area contributed by atoms with Crippen molar-refractivity contribution in [1.82, 2.24) is 10.6 Å². The molecule has 0 saturated heterocycles. The number of hydrogen-bond donors (Lipinski definition) is 4. The van der Waals surface area contributed by atoms with Gasteiger partial charge in [0, 0.05) is 16.3 Å². The van der Waals surface area contributed by atoms with E-state index in [1.807, 2.05) is 0 Å². The Balaban J connectivity index is 1.78. The second kappa shape index (κ2) is 10.8. The predicted octanol–water partition coefficient (Wildman–Crippen LogP) is 3.16. The Kier molecular flexibility index (Phi) is 7.61. The first-order chi connectivity index (χ1) is 15.8. The highest BCUT2D eigenvalue weighted by atomic mass is 35.5. The van der Waals surface area contributed by atoms with Gasteiger partial charge >= 0.3 is 5.97 Å². The molecular formula is C23H18ClN3O6. The van der Waals surface area contributed by atoms with Gasteiger partial charge in [0.25, 0.3) is 17.7 Å². The number of amides is 3. The molecule has 0 atom stereocenters.